The molecule has 0 N–H and O–H groups in total. The van der Waals surface area contributed by atoms with Gasteiger partial charge in [0.25, 0.3) is 0 Å². The zero-order chi connectivity index (χ0) is 13.9. The molecule has 0 spiro atoms. The maximum Gasteiger partial charge on any atom is 0.161 e. The predicted molar refractivity (Wildman–Crippen MR) is 77.4 cm³/mol. The number of carbonyl (C=O) groups is 1. The fourth-order valence-corrected chi connectivity index (χ4v) is 3.76. The van der Waals surface area contributed by atoms with Gasteiger partial charge in [-0.25, -0.2) is 0 Å². The van der Waals surface area contributed by atoms with E-state index in [1.165, 1.54) is 25.7 Å². The van der Waals surface area contributed by atoms with E-state index in [0.29, 0.717) is 23.8 Å². The van der Waals surface area contributed by atoms with Gasteiger partial charge in [0.1, 0.15) is 6.29 Å². The summed E-state index contributed by atoms with van der Waals surface area (Å²) >= 11 is 0. The summed E-state index contributed by atoms with van der Waals surface area (Å²) in [6.45, 7) is 3.29. The average Bonchev–Trinajstić information content (AvgIpc) is 3.08. The fraction of sp³-hybridized carbons (Fsp3) is 0.588. The molecule has 2 bridgehead atoms. The maximum absolute atomic E-state index is 10.8. The van der Waals surface area contributed by atoms with Crippen LogP contribution in [0.15, 0.2) is 18.2 Å². The molecule has 0 amide bonds. The van der Waals surface area contributed by atoms with E-state index >= 15 is 0 Å². The van der Waals surface area contributed by atoms with Crippen LogP contribution in [0.2, 0.25) is 0 Å². The Bertz CT molecular complexity index is 483. The van der Waals surface area contributed by atoms with Gasteiger partial charge in [0.05, 0.1) is 13.2 Å². The molecular weight excluding hydrogens is 252 g/mol. The molecule has 2 aliphatic rings. The zero-order valence-corrected chi connectivity index (χ0v) is 12.0. The van der Waals surface area contributed by atoms with Crippen molar-refractivity contribution in [1.82, 2.24) is 0 Å². The van der Waals surface area contributed by atoms with E-state index < -0.39 is 0 Å². The first-order valence-corrected chi connectivity index (χ1v) is 7.65. The van der Waals surface area contributed by atoms with Gasteiger partial charge in [-0.05, 0) is 62.1 Å². The van der Waals surface area contributed by atoms with Gasteiger partial charge >= 0.3 is 0 Å². The van der Waals surface area contributed by atoms with Crippen LogP contribution >= 0.6 is 0 Å². The standard InChI is InChI=1S/C17H22O3/c1-2-19-17-9-13(10-18)4-6-16(17)20-11-15-8-12-3-5-14(15)7-12/h4,6,9-10,12,14-15H,2-3,5,7-8,11H2,1H3. The van der Waals surface area contributed by atoms with Crippen LogP contribution in [-0.4, -0.2) is 19.5 Å². The van der Waals surface area contributed by atoms with Crippen molar-refractivity contribution in [1.29, 1.82) is 0 Å². The lowest BCUT2D eigenvalue weighted by molar-refractivity contribution is 0.112. The summed E-state index contributed by atoms with van der Waals surface area (Å²) < 4.78 is 11.6. The van der Waals surface area contributed by atoms with Gasteiger partial charge < -0.3 is 9.47 Å². The highest BCUT2D eigenvalue weighted by atomic mass is 16.5. The molecule has 3 rings (SSSR count). The van der Waals surface area contributed by atoms with Crippen LogP contribution in [0.1, 0.15) is 43.0 Å². The van der Waals surface area contributed by atoms with E-state index in [0.717, 1.165) is 30.5 Å². The molecule has 20 heavy (non-hydrogen) atoms. The highest BCUT2D eigenvalue weighted by Crippen LogP contribution is 2.48. The Morgan fingerprint density at radius 3 is 2.75 bits per heavy atom. The molecule has 2 aliphatic carbocycles. The van der Waals surface area contributed by atoms with E-state index in [4.69, 9.17) is 9.47 Å². The second-order valence-corrected chi connectivity index (χ2v) is 6.00. The van der Waals surface area contributed by atoms with Crippen LogP contribution in [-0.2, 0) is 0 Å². The highest BCUT2D eigenvalue weighted by Gasteiger charge is 2.39. The van der Waals surface area contributed by atoms with Crippen LogP contribution in [0.4, 0.5) is 0 Å². The summed E-state index contributed by atoms with van der Waals surface area (Å²) in [5, 5.41) is 0. The minimum Gasteiger partial charge on any atom is -0.490 e. The molecule has 2 fully saturated rings. The first-order valence-electron chi connectivity index (χ1n) is 7.65. The Labute approximate surface area is 120 Å². The first-order chi connectivity index (χ1) is 9.80. The monoisotopic (exact) mass is 274 g/mol. The number of carbonyl (C=O) groups excluding carboxylic acids is 1. The van der Waals surface area contributed by atoms with Gasteiger partial charge in [0.2, 0.25) is 0 Å². The van der Waals surface area contributed by atoms with E-state index in [1.54, 1.807) is 12.1 Å². The predicted octanol–water partition coefficient (Wildman–Crippen LogP) is 3.71. The summed E-state index contributed by atoms with van der Waals surface area (Å²) in [7, 11) is 0. The molecule has 3 unspecified atom stereocenters. The van der Waals surface area contributed by atoms with Crippen molar-refractivity contribution in [2.75, 3.05) is 13.2 Å². The van der Waals surface area contributed by atoms with Crippen molar-refractivity contribution in [2.45, 2.75) is 32.6 Å². The van der Waals surface area contributed by atoms with E-state index in [2.05, 4.69) is 0 Å². The Kier molecular flexibility index (Phi) is 3.95. The van der Waals surface area contributed by atoms with Gasteiger partial charge in [0, 0.05) is 5.56 Å². The number of fused-ring (bicyclic) bond motifs is 2. The van der Waals surface area contributed by atoms with Crippen LogP contribution in [0, 0.1) is 17.8 Å². The second-order valence-electron chi connectivity index (χ2n) is 6.00. The van der Waals surface area contributed by atoms with Crippen molar-refractivity contribution in [3.05, 3.63) is 23.8 Å². The Hall–Kier alpha value is -1.51. The van der Waals surface area contributed by atoms with Crippen molar-refractivity contribution in [3.8, 4) is 11.5 Å². The molecule has 0 heterocycles. The van der Waals surface area contributed by atoms with E-state index in [1.807, 2.05) is 13.0 Å². The van der Waals surface area contributed by atoms with E-state index in [9.17, 15) is 4.79 Å². The summed E-state index contributed by atoms with van der Waals surface area (Å²) in [4.78, 5) is 10.8. The topological polar surface area (TPSA) is 35.5 Å². The third-order valence-corrected chi connectivity index (χ3v) is 4.74. The van der Waals surface area contributed by atoms with Crippen LogP contribution < -0.4 is 9.47 Å². The molecule has 0 aromatic heterocycles. The number of hydrogen-bond donors (Lipinski definition) is 0. The molecule has 3 nitrogen and oxygen atoms in total. The molecular formula is C17H22O3. The van der Waals surface area contributed by atoms with Gasteiger partial charge in [-0.15, -0.1) is 0 Å². The average molecular weight is 274 g/mol. The number of hydrogen-bond acceptors (Lipinski definition) is 3. The third-order valence-electron chi connectivity index (χ3n) is 4.74. The lowest BCUT2D eigenvalue weighted by atomic mass is 9.89. The number of rotatable bonds is 6. The third kappa shape index (κ3) is 2.67. The molecule has 3 atom stereocenters. The molecule has 0 aliphatic heterocycles. The van der Waals surface area contributed by atoms with Crippen LogP contribution in [0.5, 0.6) is 11.5 Å². The Morgan fingerprint density at radius 2 is 2.10 bits per heavy atom. The second kappa shape index (κ2) is 5.86. The van der Waals surface area contributed by atoms with Crippen molar-refractivity contribution >= 4 is 6.29 Å². The van der Waals surface area contributed by atoms with Crippen molar-refractivity contribution < 1.29 is 14.3 Å². The van der Waals surface area contributed by atoms with Gasteiger partial charge in [0.15, 0.2) is 11.5 Å². The highest BCUT2D eigenvalue weighted by molar-refractivity contribution is 5.76. The minimum atomic E-state index is 0.576. The van der Waals surface area contributed by atoms with Crippen molar-refractivity contribution in [2.24, 2.45) is 17.8 Å². The number of benzene rings is 1. The quantitative estimate of drug-likeness (QED) is 0.742. The number of ether oxygens (including phenoxy) is 2. The minimum absolute atomic E-state index is 0.576. The van der Waals surface area contributed by atoms with E-state index in [-0.39, 0.29) is 0 Å². The Balaban J connectivity index is 1.65. The van der Waals surface area contributed by atoms with Gasteiger partial charge in [-0.1, -0.05) is 6.42 Å². The SMILES string of the molecule is CCOc1cc(C=O)ccc1OCC1CC2CCC1C2. The molecule has 108 valence electrons. The van der Waals surface area contributed by atoms with Crippen molar-refractivity contribution in [3.63, 3.8) is 0 Å². The molecule has 3 heteroatoms. The number of aldehydes is 1. The normalized spacial score (nSPS) is 27.6. The van der Waals surface area contributed by atoms with Crippen LogP contribution in [0.25, 0.3) is 0 Å². The zero-order valence-electron chi connectivity index (χ0n) is 12.0. The molecule has 2 saturated carbocycles. The molecule has 0 saturated heterocycles. The Morgan fingerprint density at radius 1 is 1.20 bits per heavy atom. The molecule has 1 aromatic carbocycles. The van der Waals surface area contributed by atoms with Crippen LogP contribution in [0.3, 0.4) is 0 Å². The summed E-state index contributed by atoms with van der Waals surface area (Å²) in [5.74, 6) is 3.96. The van der Waals surface area contributed by atoms with Gasteiger partial charge in [-0.3, -0.25) is 4.79 Å². The molecule has 1 aromatic rings. The summed E-state index contributed by atoms with van der Waals surface area (Å²) in [6, 6.07) is 5.39. The lowest BCUT2D eigenvalue weighted by Gasteiger charge is -2.22. The smallest absolute Gasteiger partial charge is 0.161 e. The molecule has 0 radical (unpaired) electrons. The summed E-state index contributed by atoms with van der Waals surface area (Å²) in [5.41, 5.74) is 0.626. The maximum atomic E-state index is 10.8. The van der Waals surface area contributed by atoms with Gasteiger partial charge in [-0.2, -0.15) is 0 Å². The summed E-state index contributed by atoms with van der Waals surface area (Å²) in [6.07, 6.45) is 6.35. The lowest BCUT2D eigenvalue weighted by Crippen LogP contribution is -2.18. The first kappa shape index (κ1) is 13.5. The largest absolute Gasteiger partial charge is 0.490 e. The fourth-order valence-electron chi connectivity index (χ4n) is 3.76.